The molecule has 24 nitrogen and oxygen atoms in total. The van der Waals surface area contributed by atoms with Crippen molar-refractivity contribution in [3.05, 3.63) is 0 Å². The van der Waals surface area contributed by atoms with Gasteiger partial charge in [0.15, 0.2) is 5.78 Å². The zero-order valence-corrected chi connectivity index (χ0v) is 40.0. The third-order valence-corrected chi connectivity index (χ3v) is 12.4. The highest BCUT2D eigenvalue weighted by atomic mass is 33.1. The molecule has 7 atom stereocenters. The van der Waals surface area contributed by atoms with Gasteiger partial charge in [0, 0.05) is 50.2 Å². The van der Waals surface area contributed by atoms with E-state index in [4.69, 9.17) is 5.73 Å². The number of nitrogens with one attached hydrogen (secondary N) is 7. The summed E-state index contributed by atoms with van der Waals surface area (Å²) in [7, 11) is 4.24. The molecule has 0 spiro atoms. The normalized spacial score (nSPS) is 14.0. The van der Waals surface area contributed by atoms with Gasteiger partial charge in [-0.25, -0.2) is 0 Å². The lowest BCUT2D eigenvalue weighted by Gasteiger charge is -2.26. The van der Waals surface area contributed by atoms with Crippen molar-refractivity contribution in [2.24, 2.45) is 5.73 Å². The number of hydrogen-bond acceptors (Lipinski definition) is 16. The van der Waals surface area contributed by atoms with Gasteiger partial charge in [0.05, 0.1) is 18.1 Å². The SMILES string of the molecule is CCCCCC(=O)N[C@@H](CCC(=O)O)C(=O)N[C@@H](CCC(=O)O)C(=O)N[C@@H](CCC(=O)O)C(=O)N[C@@H](CCC(=O)O)C(=O)NCCCC[C@H](NC(=O)[C@H](CSSC[C@H](N)C(C)=O)NC)C(C)=O. The highest BCUT2D eigenvalue weighted by molar-refractivity contribution is 8.76. The first-order chi connectivity index (χ1) is 31.5. The first-order valence-corrected chi connectivity index (χ1v) is 24.3. The Labute approximate surface area is 396 Å². The Hall–Kier alpha value is -5.34. The lowest BCUT2D eigenvalue weighted by atomic mass is 10.0. The van der Waals surface area contributed by atoms with E-state index in [2.05, 4.69) is 37.2 Å². The van der Waals surface area contributed by atoms with E-state index in [0.29, 0.717) is 30.8 Å². The Morgan fingerprint density at radius 3 is 1.27 bits per heavy atom. The minimum Gasteiger partial charge on any atom is -0.481 e. The van der Waals surface area contributed by atoms with Gasteiger partial charge in [-0.1, -0.05) is 41.4 Å². The minimum absolute atomic E-state index is 0.0168. The smallest absolute Gasteiger partial charge is 0.303 e. The van der Waals surface area contributed by atoms with Crippen molar-refractivity contribution in [3.8, 4) is 0 Å². The summed E-state index contributed by atoms with van der Waals surface area (Å²) in [6.45, 7) is 4.57. The number of amides is 6. The Balaban J connectivity index is 5.92. The summed E-state index contributed by atoms with van der Waals surface area (Å²) >= 11 is 0. The third kappa shape index (κ3) is 29.1. The summed E-state index contributed by atoms with van der Waals surface area (Å²) in [5, 5.41) is 54.7. The van der Waals surface area contributed by atoms with Crippen molar-refractivity contribution in [1.29, 1.82) is 0 Å². The van der Waals surface area contributed by atoms with Gasteiger partial charge in [-0.2, -0.15) is 0 Å². The van der Waals surface area contributed by atoms with Gasteiger partial charge < -0.3 is 63.4 Å². The quantitative estimate of drug-likeness (QED) is 0.0265. The maximum atomic E-state index is 13.6. The molecule has 0 heterocycles. The number of carboxylic acids is 4. The number of carboxylic acid groups (broad SMARTS) is 4. The average molecular weight is 993 g/mol. The number of Topliss-reactive ketones (excluding diaryl/α,β-unsaturated/α-hetero) is 2. The maximum absolute atomic E-state index is 13.6. The second-order valence-corrected chi connectivity index (χ2v) is 18.1. The number of unbranched alkanes of at least 4 members (excludes halogenated alkanes) is 3. The van der Waals surface area contributed by atoms with Crippen LogP contribution in [-0.4, -0.2) is 159 Å². The number of likely N-dealkylation sites (N-methyl/N-ethyl adjacent to an activating group) is 1. The Morgan fingerprint density at radius 2 is 0.866 bits per heavy atom. The fourth-order valence-corrected chi connectivity index (χ4v) is 8.32. The highest BCUT2D eigenvalue weighted by Crippen LogP contribution is 2.23. The second-order valence-electron chi connectivity index (χ2n) is 15.6. The van der Waals surface area contributed by atoms with Crippen LogP contribution in [0, 0.1) is 0 Å². The molecule has 0 bridgehead atoms. The van der Waals surface area contributed by atoms with E-state index in [0.717, 1.165) is 6.42 Å². The molecule has 0 saturated carbocycles. The lowest BCUT2D eigenvalue weighted by Crippen LogP contribution is -2.58. The number of carbonyl (C=O) groups is 12. The van der Waals surface area contributed by atoms with Crippen LogP contribution >= 0.6 is 21.6 Å². The monoisotopic (exact) mass is 992 g/mol. The van der Waals surface area contributed by atoms with E-state index in [1.54, 1.807) is 7.05 Å². The summed E-state index contributed by atoms with van der Waals surface area (Å²) in [5.74, 6) is -10.4. The van der Waals surface area contributed by atoms with Crippen LogP contribution in [0.2, 0.25) is 0 Å². The predicted molar refractivity (Wildman–Crippen MR) is 245 cm³/mol. The van der Waals surface area contributed by atoms with Crippen molar-refractivity contribution < 1.29 is 78.0 Å². The van der Waals surface area contributed by atoms with Crippen LogP contribution in [-0.2, 0) is 57.5 Å². The van der Waals surface area contributed by atoms with Crippen LogP contribution < -0.4 is 43.0 Å². The Morgan fingerprint density at radius 1 is 0.463 bits per heavy atom. The standard InChI is InChI=1S/C41H68N8O16S2/c1-5-6-7-11-32(52)45-28(13-17-34(55)56)38(62)48-30(15-19-36(59)60)40(64)49-29(14-18-35(57)58)39(63)47-27(12-16-33(53)54)37(61)44-20-9-8-10-26(24(3)51)46-41(65)31(43-4)22-67-66-21-25(42)23(2)50/h25-31,43H,5-22,42H2,1-4H3,(H,44,61)(H,45,52)(H,46,65)(H,47,63)(H,48,62)(H,49,64)(H,53,54)(H,55,56)(H,57,58)(H,59,60)/t25-,26-,27-,28-,29-,30-,31-/m0/s1. The molecule has 0 unspecified atom stereocenters. The maximum Gasteiger partial charge on any atom is 0.303 e. The topological polar surface area (TPSA) is 396 Å². The molecule has 0 aromatic rings. The summed E-state index contributed by atoms with van der Waals surface area (Å²) in [5.41, 5.74) is 5.73. The number of aliphatic carboxylic acids is 4. The van der Waals surface area contributed by atoms with Crippen molar-refractivity contribution in [2.75, 3.05) is 25.1 Å². The molecular weight excluding hydrogens is 925 g/mol. The van der Waals surface area contributed by atoms with Gasteiger partial charge in [0.1, 0.15) is 30.0 Å². The zero-order chi connectivity index (χ0) is 51.1. The molecule has 0 aromatic heterocycles. The number of nitrogens with two attached hydrogens (primary N) is 1. The molecule has 6 amide bonds. The van der Waals surface area contributed by atoms with E-state index < -0.39 is 153 Å². The van der Waals surface area contributed by atoms with E-state index in [1.165, 1.54) is 35.4 Å². The van der Waals surface area contributed by atoms with E-state index in [1.807, 2.05) is 6.92 Å². The van der Waals surface area contributed by atoms with Crippen molar-refractivity contribution in [1.82, 2.24) is 37.2 Å². The van der Waals surface area contributed by atoms with Crippen molar-refractivity contribution in [3.63, 3.8) is 0 Å². The molecule has 0 aliphatic heterocycles. The largest absolute Gasteiger partial charge is 0.481 e. The van der Waals surface area contributed by atoms with Crippen molar-refractivity contribution in [2.45, 2.75) is 159 Å². The summed E-state index contributed by atoms with van der Waals surface area (Å²) in [6, 6.07) is -8.57. The van der Waals surface area contributed by atoms with Gasteiger partial charge in [-0.05, 0) is 72.3 Å². The van der Waals surface area contributed by atoms with Crippen LogP contribution in [0.1, 0.15) is 117 Å². The van der Waals surface area contributed by atoms with Crippen LogP contribution in [0.3, 0.4) is 0 Å². The zero-order valence-electron chi connectivity index (χ0n) is 38.4. The van der Waals surface area contributed by atoms with Gasteiger partial charge >= 0.3 is 23.9 Å². The molecule has 380 valence electrons. The van der Waals surface area contributed by atoms with Gasteiger partial charge in [0.2, 0.25) is 35.4 Å². The third-order valence-electron chi connectivity index (χ3n) is 9.92. The van der Waals surface area contributed by atoms with Crippen molar-refractivity contribution >= 4 is 92.5 Å². The molecule has 0 aliphatic carbocycles. The highest BCUT2D eigenvalue weighted by Gasteiger charge is 2.33. The summed E-state index contributed by atoms with van der Waals surface area (Å²) in [4.78, 5) is 149. The van der Waals surface area contributed by atoms with Crippen LogP contribution in [0.25, 0.3) is 0 Å². The molecule has 0 aromatic carbocycles. The molecule has 0 radical (unpaired) electrons. The van der Waals surface area contributed by atoms with E-state index in [9.17, 15) is 78.0 Å². The molecule has 67 heavy (non-hydrogen) atoms. The Bertz CT molecular complexity index is 1710. The molecule has 0 rings (SSSR count). The number of ketones is 2. The lowest BCUT2D eigenvalue weighted by molar-refractivity contribution is -0.140. The van der Waals surface area contributed by atoms with Gasteiger partial charge in [-0.3, -0.25) is 57.5 Å². The van der Waals surface area contributed by atoms with Crippen LogP contribution in [0.4, 0.5) is 0 Å². The Kier molecular flexibility index (Phi) is 32.1. The molecule has 0 saturated heterocycles. The molecule has 26 heteroatoms. The molecule has 13 N–H and O–H groups in total. The molecule has 0 fully saturated rings. The number of carbonyl (C=O) groups excluding carboxylic acids is 8. The fraction of sp³-hybridized carbons (Fsp3) is 0.707. The van der Waals surface area contributed by atoms with Crippen LogP contribution in [0.5, 0.6) is 0 Å². The molecular formula is C41H68N8O16S2. The van der Waals surface area contributed by atoms with Gasteiger partial charge in [-0.15, -0.1) is 0 Å². The van der Waals surface area contributed by atoms with Gasteiger partial charge in [0.25, 0.3) is 0 Å². The number of hydrogen-bond donors (Lipinski definition) is 12. The van der Waals surface area contributed by atoms with E-state index in [-0.39, 0.29) is 37.4 Å². The number of rotatable bonds is 39. The van der Waals surface area contributed by atoms with E-state index >= 15 is 0 Å². The van der Waals surface area contributed by atoms with Crippen LogP contribution in [0.15, 0.2) is 0 Å². The first-order valence-electron chi connectivity index (χ1n) is 21.9. The second kappa shape index (κ2) is 34.9. The summed E-state index contributed by atoms with van der Waals surface area (Å²) < 4.78 is 0. The predicted octanol–water partition coefficient (Wildman–Crippen LogP) is -0.789. The fourth-order valence-electron chi connectivity index (χ4n) is 5.87. The minimum atomic E-state index is -1.72. The molecule has 0 aliphatic rings. The first kappa shape index (κ1) is 61.7. The summed E-state index contributed by atoms with van der Waals surface area (Å²) in [6.07, 6.45) is -1.78. The average Bonchev–Trinajstić information content (AvgIpc) is 3.25.